The Bertz CT molecular complexity index is 409. The maximum Gasteiger partial charge on any atom is 0.305 e. The SMILES string of the molecule is CCC(C)N(C)Cc1cccc([N+](=O)[O-])c1F. The van der Waals surface area contributed by atoms with E-state index >= 15 is 0 Å². The number of rotatable bonds is 5. The van der Waals surface area contributed by atoms with E-state index in [-0.39, 0.29) is 0 Å². The predicted molar refractivity (Wildman–Crippen MR) is 64.3 cm³/mol. The second kappa shape index (κ2) is 5.72. The van der Waals surface area contributed by atoms with Crippen molar-refractivity contribution >= 4 is 5.69 Å². The molecule has 0 amide bonds. The molecule has 1 rings (SSSR count). The van der Waals surface area contributed by atoms with Crippen LogP contribution in [0.1, 0.15) is 25.8 Å². The first kappa shape index (κ1) is 13.6. The quantitative estimate of drug-likeness (QED) is 0.587. The van der Waals surface area contributed by atoms with Gasteiger partial charge in [-0.3, -0.25) is 15.0 Å². The van der Waals surface area contributed by atoms with Gasteiger partial charge in [0, 0.05) is 24.2 Å². The van der Waals surface area contributed by atoms with Gasteiger partial charge in [0.05, 0.1) is 4.92 Å². The fraction of sp³-hybridized carbons (Fsp3) is 0.500. The van der Waals surface area contributed by atoms with Gasteiger partial charge in [-0.1, -0.05) is 19.1 Å². The summed E-state index contributed by atoms with van der Waals surface area (Å²) in [6.07, 6.45) is 0.951. The van der Waals surface area contributed by atoms with Crippen LogP contribution in [0, 0.1) is 15.9 Å². The van der Waals surface area contributed by atoms with Gasteiger partial charge in [-0.15, -0.1) is 0 Å². The molecule has 0 heterocycles. The molecule has 1 aromatic rings. The van der Waals surface area contributed by atoms with Crippen LogP contribution in [0.25, 0.3) is 0 Å². The van der Waals surface area contributed by atoms with Crippen molar-refractivity contribution in [1.29, 1.82) is 0 Å². The Kier molecular flexibility index (Phi) is 4.57. The van der Waals surface area contributed by atoms with Crippen molar-refractivity contribution in [3.8, 4) is 0 Å². The minimum absolute atomic E-state index is 0.314. The van der Waals surface area contributed by atoms with Gasteiger partial charge in [-0.2, -0.15) is 4.39 Å². The lowest BCUT2D eigenvalue weighted by Crippen LogP contribution is -2.28. The van der Waals surface area contributed by atoms with Crippen molar-refractivity contribution in [1.82, 2.24) is 4.90 Å². The Morgan fingerprint density at radius 2 is 2.18 bits per heavy atom. The number of hydrogen-bond acceptors (Lipinski definition) is 3. The summed E-state index contributed by atoms with van der Waals surface area (Å²) in [5, 5.41) is 10.6. The first-order valence-corrected chi connectivity index (χ1v) is 5.59. The molecule has 94 valence electrons. The molecule has 0 bridgehead atoms. The largest absolute Gasteiger partial charge is 0.305 e. The van der Waals surface area contributed by atoms with E-state index in [9.17, 15) is 14.5 Å². The highest BCUT2D eigenvalue weighted by molar-refractivity contribution is 5.36. The smallest absolute Gasteiger partial charge is 0.299 e. The van der Waals surface area contributed by atoms with Crippen molar-refractivity contribution in [2.45, 2.75) is 32.9 Å². The van der Waals surface area contributed by atoms with E-state index in [1.807, 2.05) is 25.8 Å². The van der Waals surface area contributed by atoms with E-state index in [0.717, 1.165) is 6.42 Å². The summed E-state index contributed by atoms with van der Waals surface area (Å²) in [6.45, 7) is 4.46. The summed E-state index contributed by atoms with van der Waals surface area (Å²) in [7, 11) is 1.88. The van der Waals surface area contributed by atoms with Crippen LogP contribution >= 0.6 is 0 Å². The third-order valence-electron chi connectivity index (χ3n) is 3.02. The monoisotopic (exact) mass is 240 g/mol. The number of nitro benzene ring substituents is 1. The number of nitrogens with zero attached hydrogens (tertiary/aromatic N) is 2. The Hall–Kier alpha value is -1.49. The van der Waals surface area contributed by atoms with Gasteiger partial charge in [0.25, 0.3) is 0 Å². The lowest BCUT2D eigenvalue weighted by Gasteiger charge is -2.23. The van der Waals surface area contributed by atoms with Crippen LogP contribution in [0.2, 0.25) is 0 Å². The molecule has 17 heavy (non-hydrogen) atoms. The van der Waals surface area contributed by atoms with Crippen molar-refractivity contribution in [2.75, 3.05) is 7.05 Å². The van der Waals surface area contributed by atoms with Crippen LogP contribution in [-0.2, 0) is 6.54 Å². The van der Waals surface area contributed by atoms with E-state index in [1.165, 1.54) is 12.1 Å². The maximum atomic E-state index is 13.8. The molecule has 0 saturated heterocycles. The van der Waals surface area contributed by atoms with E-state index in [2.05, 4.69) is 0 Å². The molecule has 0 radical (unpaired) electrons. The van der Waals surface area contributed by atoms with E-state index < -0.39 is 16.4 Å². The van der Waals surface area contributed by atoms with Gasteiger partial charge >= 0.3 is 5.69 Å². The summed E-state index contributed by atoms with van der Waals surface area (Å²) in [4.78, 5) is 11.9. The summed E-state index contributed by atoms with van der Waals surface area (Å²) >= 11 is 0. The Morgan fingerprint density at radius 3 is 2.71 bits per heavy atom. The van der Waals surface area contributed by atoms with Crippen LogP contribution < -0.4 is 0 Å². The zero-order chi connectivity index (χ0) is 13.0. The Labute approximate surface area is 100 Å². The van der Waals surface area contributed by atoms with Crippen molar-refractivity contribution in [3.63, 3.8) is 0 Å². The third kappa shape index (κ3) is 3.23. The van der Waals surface area contributed by atoms with Crippen LogP contribution in [0.4, 0.5) is 10.1 Å². The van der Waals surface area contributed by atoms with Gasteiger partial charge in [0.2, 0.25) is 5.82 Å². The lowest BCUT2D eigenvalue weighted by molar-refractivity contribution is -0.387. The number of hydrogen-bond donors (Lipinski definition) is 0. The highest BCUT2D eigenvalue weighted by Gasteiger charge is 2.18. The van der Waals surface area contributed by atoms with E-state index in [4.69, 9.17) is 0 Å². The normalized spacial score (nSPS) is 12.8. The molecule has 0 aromatic heterocycles. The average molecular weight is 240 g/mol. The molecule has 1 unspecified atom stereocenters. The molecule has 0 fully saturated rings. The standard InChI is InChI=1S/C12H17FN2O2/c1-4-9(2)14(3)8-10-6-5-7-11(12(10)13)15(16)17/h5-7,9H,4,8H2,1-3H3. The molecule has 0 aliphatic rings. The van der Waals surface area contributed by atoms with Crippen LogP contribution in [0.5, 0.6) is 0 Å². The number of benzene rings is 1. The van der Waals surface area contributed by atoms with Gasteiger partial charge in [0.15, 0.2) is 0 Å². The first-order valence-electron chi connectivity index (χ1n) is 5.59. The molecule has 0 N–H and O–H groups in total. The molecule has 1 atom stereocenters. The zero-order valence-electron chi connectivity index (χ0n) is 10.3. The molecule has 4 nitrogen and oxygen atoms in total. The molecule has 0 saturated carbocycles. The fourth-order valence-electron chi connectivity index (χ4n) is 1.57. The zero-order valence-corrected chi connectivity index (χ0v) is 10.3. The van der Waals surface area contributed by atoms with Gasteiger partial charge in [-0.05, 0) is 20.4 Å². The van der Waals surface area contributed by atoms with E-state index in [1.54, 1.807) is 6.07 Å². The van der Waals surface area contributed by atoms with Crippen molar-refractivity contribution < 1.29 is 9.31 Å². The maximum absolute atomic E-state index is 13.8. The van der Waals surface area contributed by atoms with Crippen LogP contribution in [0.15, 0.2) is 18.2 Å². The summed E-state index contributed by atoms with van der Waals surface area (Å²) in [6, 6.07) is 4.60. The van der Waals surface area contributed by atoms with Crippen LogP contribution in [-0.4, -0.2) is 22.9 Å². The topological polar surface area (TPSA) is 46.4 Å². The highest BCUT2D eigenvalue weighted by Crippen LogP contribution is 2.21. The molecule has 5 heteroatoms. The lowest BCUT2D eigenvalue weighted by atomic mass is 10.1. The van der Waals surface area contributed by atoms with Gasteiger partial charge in [-0.25, -0.2) is 0 Å². The molecular formula is C12H17FN2O2. The van der Waals surface area contributed by atoms with Crippen LogP contribution in [0.3, 0.4) is 0 Å². The van der Waals surface area contributed by atoms with Crippen molar-refractivity contribution in [2.24, 2.45) is 0 Å². The number of nitro groups is 1. The second-order valence-electron chi connectivity index (χ2n) is 4.18. The Balaban J connectivity index is 2.92. The molecular weight excluding hydrogens is 223 g/mol. The number of halogens is 1. The highest BCUT2D eigenvalue weighted by atomic mass is 19.1. The van der Waals surface area contributed by atoms with Gasteiger partial charge < -0.3 is 0 Å². The summed E-state index contributed by atoms with van der Waals surface area (Å²) in [5.74, 6) is -0.729. The molecule has 0 aliphatic carbocycles. The summed E-state index contributed by atoms with van der Waals surface area (Å²) < 4.78 is 13.8. The minimum atomic E-state index is -0.729. The van der Waals surface area contributed by atoms with Gasteiger partial charge in [0.1, 0.15) is 0 Å². The fourth-order valence-corrected chi connectivity index (χ4v) is 1.57. The Morgan fingerprint density at radius 1 is 1.53 bits per heavy atom. The first-order chi connectivity index (χ1) is 7.97. The van der Waals surface area contributed by atoms with Crippen molar-refractivity contribution in [3.05, 3.63) is 39.7 Å². The average Bonchev–Trinajstić information content (AvgIpc) is 2.30. The molecule has 0 spiro atoms. The predicted octanol–water partition coefficient (Wildman–Crippen LogP) is 2.96. The minimum Gasteiger partial charge on any atom is -0.299 e. The molecule has 0 aliphatic heterocycles. The second-order valence-corrected chi connectivity index (χ2v) is 4.18. The molecule has 1 aromatic carbocycles. The van der Waals surface area contributed by atoms with E-state index in [0.29, 0.717) is 18.2 Å². The summed E-state index contributed by atoms with van der Waals surface area (Å²) in [5.41, 5.74) is -0.0953. The third-order valence-corrected chi connectivity index (χ3v) is 3.02.